The first-order chi connectivity index (χ1) is 19.4. The summed E-state index contributed by atoms with van der Waals surface area (Å²) < 4.78 is 5.85. The van der Waals surface area contributed by atoms with E-state index in [2.05, 4.69) is 33.6 Å². The van der Waals surface area contributed by atoms with Gasteiger partial charge in [-0.3, -0.25) is 0 Å². The van der Waals surface area contributed by atoms with Gasteiger partial charge in [0.2, 0.25) is 0 Å². The van der Waals surface area contributed by atoms with Gasteiger partial charge in [-0.25, -0.2) is 4.79 Å². The predicted octanol–water partition coefficient (Wildman–Crippen LogP) is 9.20. The summed E-state index contributed by atoms with van der Waals surface area (Å²) >= 11 is 0. The third kappa shape index (κ3) is 6.11. The Kier molecular flexibility index (Phi) is 8.03. The average Bonchev–Trinajstić information content (AvgIpc) is 2.97. The van der Waals surface area contributed by atoms with Crippen molar-refractivity contribution < 1.29 is 9.53 Å². The van der Waals surface area contributed by atoms with Crippen molar-refractivity contribution in [2.75, 3.05) is 0 Å². The molecule has 0 aliphatic carbocycles. The topological polar surface area (TPSA) is 75.7 Å². The van der Waals surface area contributed by atoms with Gasteiger partial charge in [-0.1, -0.05) is 78.9 Å². The number of ether oxygens (including phenoxy) is 1. The van der Waals surface area contributed by atoms with Gasteiger partial charge in [0.15, 0.2) is 5.75 Å². The molecule has 0 unspecified atom stereocenters. The van der Waals surface area contributed by atoms with Gasteiger partial charge in [-0.05, 0) is 72.8 Å². The van der Waals surface area contributed by atoms with E-state index in [0.29, 0.717) is 22.7 Å². The van der Waals surface area contributed by atoms with Crippen LogP contribution in [0, 0.1) is 13.8 Å². The second-order valence-electron chi connectivity index (χ2n) is 9.96. The van der Waals surface area contributed by atoms with Crippen LogP contribution in [0.4, 0.5) is 22.7 Å². The third-order valence-corrected chi connectivity index (χ3v) is 8.42. The van der Waals surface area contributed by atoms with Gasteiger partial charge in [0.1, 0.15) is 5.69 Å². The second kappa shape index (κ2) is 12.0. The zero-order valence-electron chi connectivity index (χ0n) is 23.0. The molecular weight excluding hydrogens is 512 g/mol. The van der Waals surface area contributed by atoms with E-state index >= 15 is 0 Å². The lowest BCUT2D eigenvalue weighted by Gasteiger charge is -2.10. The number of nitrogens with zero attached hydrogens (tertiary/aromatic N) is 4. The molecule has 5 aromatic carbocycles. The minimum atomic E-state index is -0.944. The molecular formula is C33H30N4O2Si. The van der Waals surface area contributed by atoms with Gasteiger partial charge in [-0.2, -0.15) is 15.3 Å². The van der Waals surface area contributed by atoms with E-state index in [4.69, 9.17) is 4.74 Å². The molecule has 0 heterocycles. The lowest BCUT2D eigenvalue weighted by atomic mass is 10.1. The maximum absolute atomic E-state index is 13.0. The van der Waals surface area contributed by atoms with Crippen molar-refractivity contribution >= 4 is 53.5 Å². The molecule has 7 heteroatoms. The van der Waals surface area contributed by atoms with E-state index in [0.717, 1.165) is 33.3 Å². The molecule has 6 nitrogen and oxygen atoms in total. The minimum Gasteiger partial charge on any atom is -0.421 e. The molecule has 0 atom stereocenters. The van der Waals surface area contributed by atoms with E-state index in [1.165, 1.54) is 5.19 Å². The maximum atomic E-state index is 13.0. The number of rotatable bonds is 7. The molecule has 0 fully saturated rings. The highest BCUT2D eigenvalue weighted by Crippen LogP contribution is 2.38. The van der Waals surface area contributed by atoms with Crippen LogP contribution in [-0.4, -0.2) is 14.8 Å². The Bertz CT molecular complexity index is 1740. The fourth-order valence-corrected chi connectivity index (χ4v) is 5.25. The SMILES string of the molecule is Cc1ccccc1N=Nc1ccc(N=Nc2c(OC(=O)c3ccc([SiH](C)C)cc3)ccc3ccccc23)c(C)c1. The molecule has 40 heavy (non-hydrogen) atoms. The van der Waals surface area contributed by atoms with E-state index in [1.54, 1.807) is 6.07 Å². The van der Waals surface area contributed by atoms with Crippen molar-refractivity contribution in [2.24, 2.45) is 20.5 Å². The zero-order chi connectivity index (χ0) is 28.1. The van der Waals surface area contributed by atoms with Crippen LogP contribution in [0.15, 0.2) is 124 Å². The van der Waals surface area contributed by atoms with Crippen molar-refractivity contribution in [2.45, 2.75) is 26.9 Å². The van der Waals surface area contributed by atoms with Crippen LogP contribution < -0.4 is 9.92 Å². The molecule has 5 rings (SSSR count). The van der Waals surface area contributed by atoms with Crippen molar-refractivity contribution in [1.29, 1.82) is 0 Å². The number of hydrogen-bond acceptors (Lipinski definition) is 6. The van der Waals surface area contributed by atoms with E-state index < -0.39 is 14.8 Å². The van der Waals surface area contributed by atoms with Crippen LogP contribution in [-0.2, 0) is 0 Å². The first-order valence-corrected chi connectivity index (χ1v) is 16.1. The Hall–Kier alpha value is -4.75. The molecule has 0 spiro atoms. The number of fused-ring (bicyclic) bond motifs is 1. The van der Waals surface area contributed by atoms with Crippen LogP contribution in [0.3, 0.4) is 0 Å². The first-order valence-electron chi connectivity index (χ1n) is 13.2. The van der Waals surface area contributed by atoms with Gasteiger partial charge in [-0.15, -0.1) is 5.11 Å². The summed E-state index contributed by atoms with van der Waals surface area (Å²) in [5.74, 6) is -0.0701. The Balaban J connectivity index is 1.43. The molecule has 0 N–H and O–H groups in total. The normalized spacial score (nSPS) is 11.6. The van der Waals surface area contributed by atoms with Gasteiger partial charge in [0.25, 0.3) is 0 Å². The predicted molar refractivity (Wildman–Crippen MR) is 165 cm³/mol. The largest absolute Gasteiger partial charge is 0.421 e. The summed E-state index contributed by atoms with van der Waals surface area (Å²) in [7, 11) is -0.944. The number of aryl methyl sites for hydroxylation is 2. The van der Waals surface area contributed by atoms with E-state index in [-0.39, 0.29) is 0 Å². The quantitative estimate of drug-likeness (QED) is 0.0889. The van der Waals surface area contributed by atoms with Crippen molar-refractivity contribution in [3.63, 3.8) is 0 Å². The average molecular weight is 543 g/mol. The zero-order valence-corrected chi connectivity index (χ0v) is 24.2. The molecule has 5 aromatic rings. The molecule has 0 amide bonds. The molecule has 0 saturated heterocycles. The molecule has 0 radical (unpaired) electrons. The summed E-state index contributed by atoms with van der Waals surface area (Å²) in [5, 5.41) is 21.0. The van der Waals surface area contributed by atoms with Gasteiger partial charge in [0, 0.05) is 5.39 Å². The fourth-order valence-electron chi connectivity index (χ4n) is 4.29. The Morgan fingerprint density at radius 3 is 2.12 bits per heavy atom. The molecule has 0 aliphatic heterocycles. The fraction of sp³-hybridized carbons (Fsp3) is 0.121. The van der Waals surface area contributed by atoms with E-state index in [9.17, 15) is 4.79 Å². The van der Waals surface area contributed by atoms with Crippen LogP contribution >= 0.6 is 0 Å². The van der Waals surface area contributed by atoms with Gasteiger partial charge in [0.05, 0.1) is 31.4 Å². The monoisotopic (exact) mass is 542 g/mol. The van der Waals surface area contributed by atoms with Gasteiger partial charge >= 0.3 is 5.97 Å². The number of carbonyl (C=O) groups excluding carboxylic acids is 1. The smallest absolute Gasteiger partial charge is 0.343 e. The second-order valence-corrected chi connectivity index (χ2v) is 12.9. The standard InChI is InChI=1S/C33H30N4O2Si/c1-22-9-5-8-12-29(22)35-34-26-16-19-30(23(2)21-26)36-37-32-28-11-7-6-10-24(28)15-20-31(32)39-33(38)25-13-17-27(18-14-25)40(3)4/h5-21,40H,1-4H3. The lowest BCUT2D eigenvalue weighted by molar-refractivity contribution is 0.0735. The van der Waals surface area contributed by atoms with Crippen LogP contribution in [0.25, 0.3) is 10.8 Å². The summed E-state index contributed by atoms with van der Waals surface area (Å²) in [5.41, 5.74) is 5.21. The highest BCUT2D eigenvalue weighted by atomic mass is 28.3. The summed E-state index contributed by atoms with van der Waals surface area (Å²) in [6.45, 7) is 8.47. The highest BCUT2D eigenvalue weighted by molar-refractivity contribution is 6.70. The summed E-state index contributed by atoms with van der Waals surface area (Å²) in [6, 6.07) is 32.7. The first kappa shape index (κ1) is 26.8. The van der Waals surface area contributed by atoms with Crippen LogP contribution in [0.2, 0.25) is 13.1 Å². The van der Waals surface area contributed by atoms with Crippen molar-refractivity contribution in [1.82, 2.24) is 0 Å². The number of benzene rings is 5. The number of hydrogen-bond donors (Lipinski definition) is 0. The Labute approximate surface area is 235 Å². The van der Waals surface area contributed by atoms with Crippen LogP contribution in [0.5, 0.6) is 5.75 Å². The summed E-state index contributed by atoms with van der Waals surface area (Å²) in [6.07, 6.45) is 0. The Morgan fingerprint density at radius 2 is 1.38 bits per heavy atom. The molecule has 0 bridgehead atoms. The number of esters is 1. The van der Waals surface area contributed by atoms with Gasteiger partial charge < -0.3 is 4.74 Å². The molecule has 0 aromatic heterocycles. The molecule has 198 valence electrons. The van der Waals surface area contributed by atoms with Crippen molar-refractivity contribution in [3.8, 4) is 5.75 Å². The number of carbonyl (C=O) groups is 1. The molecule has 0 aliphatic rings. The maximum Gasteiger partial charge on any atom is 0.343 e. The van der Waals surface area contributed by atoms with E-state index in [1.807, 2.05) is 111 Å². The molecule has 0 saturated carbocycles. The van der Waals surface area contributed by atoms with Crippen molar-refractivity contribution in [3.05, 3.63) is 120 Å². The Morgan fingerprint density at radius 1 is 0.675 bits per heavy atom. The lowest BCUT2D eigenvalue weighted by Crippen LogP contribution is -2.22. The van der Waals surface area contributed by atoms with Crippen LogP contribution in [0.1, 0.15) is 21.5 Å². The minimum absolute atomic E-state index is 0.357. The highest BCUT2D eigenvalue weighted by Gasteiger charge is 2.15. The summed E-state index contributed by atoms with van der Waals surface area (Å²) in [4.78, 5) is 13.0. The third-order valence-electron chi connectivity index (χ3n) is 6.71. The number of azo groups is 2.